The predicted octanol–water partition coefficient (Wildman–Crippen LogP) is 1.86. The molecule has 1 aromatic rings. The topological polar surface area (TPSA) is 59.2 Å². The molecular formula is C8H6BrF2NO3. The maximum absolute atomic E-state index is 12.3. The van der Waals surface area contributed by atoms with E-state index in [0.717, 1.165) is 13.2 Å². The van der Waals surface area contributed by atoms with Crippen LogP contribution in [-0.2, 0) is 4.74 Å². The standard InChI is InChI=1S/C8H6BrF2NO3/c1-15-8(14)3-2-4(6(10)11)12-7(13)5(3)9/h2,6H,1H3,(H,12,13). The molecule has 4 nitrogen and oxygen atoms in total. The molecule has 0 saturated heterocycles. The van der Waals surface area contributed by atoms with Crippen molar-refractivity contribution in [1.82, 2.24) is 4.98 Å². The van der Waals surface area contributed by atoms with Crippen molar-refractivity contribution in [3.63, 3.8) is 0 Å². The zero-order valence-electron chi connectivity index (χ0n) is 7.51. The molecule has 0 fully saturated rings. The molecule has 0 spiro atoms. The van der Waals surface area contributed by atoms with Crippen molar-refractivity contribution < 1.29 is 18.3 Å². The Labute approximate surface area is 91.4 Å². The van der Waals surface area contributed by atoms with E-state index in [1.54, 1.807) is 0 Å². The predicted molar refractivity (Wildman–Crippen MR) is 51.1 cm³/mol. The molecular weight excluding hydrogens is 276 g/mol. The summed E-state index contributed by atoms with van der Waals surface area (Å²) >= 11 is 2.82. The Morgan fingerprint density at radius 2 is 2.20 bits per heavy atom. The lowest BCUT2D eigenvalue weighted by Gasteiger charge is -2.04. The molecule has 0 bridgehead atoms. The van der Waals surface area contributed by atoms with Crippen LogP contribution < -0.4 is 5.56 Å². The molecule has 1 heterocycles. The second-order valence-electron chi connectivity index (χ2n) is 2.57. The van der Waals surface area contributed by atoms with Gasteiger partial charge in [-0.15, -0.1) is 0 Å². The van der Waals surface area contributed by atoms with Gasteiger partial charge in [-0.2, -0.15) is 0 Å². The van der Waals surface area contributed by atoms with Crippen molar-refractivity contribution in [3.8, 4) is 0 Å². The first kappa shape index (κ1) is 11.8. The number of aromatic nitrogens is 1. The van der Waals surface area contributed by atoms with Crippen molar-refractivity contribution in [2.75, 3.05) is 7.11 Å². The molecule has 0 amide bonds. The molecule has 82 valence electrons. The molecule has 0 aliphatic carbocycles. The summed E-state index contributed by atoms with van der Waals surface area (Å²) in [6.07, 6.45) is -2.85. The van der Waals surface area contributed by atoms with E-state index in [9.17, 15) is 18.4 Å². The lowest BCUT2D eigenvalue weighted by atomic mass is 10.2. The van der Waals surface area contributed by atoms with E-state index in [1.807, 2.05) is 4.98 Å². The Morgan fingerprint density at radius 1 is 1.60 bits per heavy atom. The lowest BCUT2D eigenvalue weighted by molar-refractivity contribution is 0.0598. The van der Waals surface area contributed by atoms with E-state index in [4.69, 9.17) is 0 Å². The van der Waals surface area contributed by atoms with Gasteiger partial charge in [0.15, 0.2) is 0 Å². The third-order valence-corrected chi connectivity index (χ3v) is 2.42. The summed E-state index contributed by atoms with van der Waals surface area (Å²) in [5.74, 6) is -0.852. The number of esters is 1. The molecule has 0 radical (unpaired) electrons. The Kier molecular flexibility index (Phi) is 3.57. The zero-order valence-corrected chi connectivity index (χ0v) is 9.10. The molecule has 0 saturated carbocycles. The van der Waals surface area contributed by atoms with Gasteiger partial charge in [0.25, 0.3) is 12.0 Å². The van der Waals surface area contributed by atoms with Gasteiger partial charge in [-0.05, 0) is 22.0 Å². The van der Waals surface area contributed by atoms with E-state index < -0.39 is 23.6 Å². The average molecular weight is 282 g/mol. The maximum atomic E-state index is 12.3. The van der Waals surface area contributed by atoms with Crippen LogP contribution in [0.2, 0.25) is 0 Å². The largest absolute Gasteiger partial charge is 0.465 e. The van der Waals surface area contributed by atoms with Crippen LogP contribution in [0, 0.1) is 0 Å². The van der Waals surface area contributed by atoms with Crippen molar-refractivity contribution in [1.29, 1.82) is 0 Å². The van der Waals surface area contributed by atoms with Gasteiger partial charge in [0.2, 0.25) is 0 Å². The fourth-order valence-corrected chi connectivity index (χ4v) is 1.31. The van der Waals surface area contributed by atoms with Crippen LogP contribution in [0.15, 0.2) is 15.3 Å². The number of H-pyrrole nitrogens is 1. The van der Waals surface area contributed by atoms with Crippen LogP contribution >= 0.6 is 15.9 Å². The summed E-state index contributed by atoms with van der Waals surface area (Å²) in [5, 5.41) is 0. The Morgan fingerprint density at radius 3 is 2.67 bits per heavy atom. The number of carbonyl (C=O) groups is 1. The van der Waals surface area contributed by atoms with Crippen molar-refractivity contribution in [3.05, 3.63) is 32.2 Å². The first-order chi connectivity index (χ1) is 6.97. The third-order valence-electron chi connectivity index (χ3n) is 1.63. The highest BCUT2D eigenvalue weighted by molar-refractivity contribution is 9.10. The van der Waals surface area contributed by atoms with Crippen LogP contribution in [0.1, 0.15) is 22.5 Å². The van der Waals surface area contributed by atoms with E-state index in [0.29, 0.717) is 0 Å². The van der Waals surface area contributed by atoms with Crippen molar-refractivity contribution >= 4 is 21.9 Å². The number of carbonyl (C=O) groups excluding carboxylic acids is 1. The van der Waals surface area contributed by atoms with Gasteiger partial charge in [0.05, 0.1) is 22.8 Å². The summed E-state index contributed by atoms with van der Waals surface area (Å²) in [6.45, 7) is 0. The van der Waals surface area contributed by atoms with Crippen LogP contribution in [0.25, 0.3) is 0 Å². The maximum Gasteiger partial charge on any atom is 0.339 e. The number of hydrogen-bond acceptors (Lipinski definition) is 3. The minimum Gasteiger partial charge on any atom is -0.465 e. The Balaban J connectivity index is 3.38. The molecule has 1 N–H and O–H groups in total. The smallest absolute Gasteiger partial charge is 0.339 e. The van der Waals surface area contributed by atoms with E-state index in [1.165, 1.54) is 0 Å². The van der Waals surface area contributed by atoms with Crippen LogP contribution in [0.3, 0.4) is 0 Å². The van der Waals surface area contributed by atoms with Gasteiger partial charge in [-0.25, -0.2) is 13.6 Å². The fourth-order valence-electron chi connectivity index (χ4n) is 0.939. The minimum absolute atomic E-state index is 0.126. The van der Waals surface area contributed by atoms with Gasteiger partial charge in [0, 0.05) is 0 Å². The highest BCUT2D eigenvalue weighted by Gasteiger charge is 2.18. The second-order valence-corrected chi connectivity index (χ2v) is 3.37. The van der Waals surface area contributed by atoms with E-state index in [-0.39, 0.29) is 10.0 Å². The van der Waals surface area contributed by atoms with Crippen LogP contribution in [-0.4, -0.2) is 18.1 Å². The first-order valence-corrected chi connectivity index (χ1v) is 4.56. The first-order valence-electron chi connectivity index (χ1n) is 3.76. The Hall–Kier alpha value is -1.24. The van der Waals surface area contributed by atoms with Gasteiger partial charge >= 0.3 is 5.97 Å². The normalized spacial score (nSPS) is 10.5. The monoisotopic (exact) mass is 281 g/mol. The average Bonchev–Trinajstić information content (AvgIpc) is 2.20. The number of halogens is 3. The van der Waals surface area contributed by atoms with Crippen LogP contribution in [0.4, 0.5) is 8.78 Å². The summed E-state index contributed by atoms with van der Waals surface area (Å²) in [4.78, 5) is 24.2. The van der Waals surface area contributed by atoms with Crippen LogP contribution in [0.5, 0.6) is 0 Å². The SMILES string of the molecule is COC(=O)c1cc(C(F)F)[nH]c(=O)c1Br. The summed E-state index contributed by atoms with van der Waals surface area (Å²) in [7, 11) is 1.10. The highest BCUT2D eigenvalue weighted by atomic mass is 79.9. The van der Waals surface area contributed by atoms with Gasteiger partial charge in [0.1, 0.15) is 0 Å². The number of methoxy groups -OCH3 is 1. The molecule has 15 heavy (non-hydrogen) atoms. The number of rotatable bonds is 2. The lowest BCUT2D eigenvalue weighted by Crippen LogP contribution is -2.16. The van der Waals surface area contributed by atoms with Gasteiger partial charge in [-0.1, -0.05) is 0 Å². The number of hydrogen-bond donors (Lipinski definition) is 1. The van der Waals surface area contributed by atoms with Crippen molar-refractivity contribution in [2.24, 2.45) is 0 Å². The third kappa shape index (κ3) is 2.41. The summed E-state index contributed by atoms with van der Waals surface area (Å²) < 4.78 is 28.8. The summed E-state index contributed by atoms with van der Waals surface area (Å²) in [5.41, 5.74) is -1.65. The molecule has 1 rings (SSSR count). The molecule has 0 aromatic carbocycles. The van der Waals surface area contributed by atoms with E-state index >= 15 is 0 Å². The number of aromatic amines is 1. The zero-order chi connectivity index (χ0) is 11.6. The fraction of sp³-hybridized carbons (Fsp3) is 0.250. The quantitative estimate of drug-likeness (QED) is 0.842. The number of ether oxygens (including phenoxy) is 1. The molecule has 1 aromatic heterocycles. The van der Waals surface area contributed by atoms with Gasteiger partial charge < -0.3 is 9.72 Å². The van der Waals surface area contributed by atoms with Crippen molar-refractivity contribution in [2.45, 2.75) is 6.43 Å². The number of nitrogens with one attached hydrogen (secondary N) is 1. The molecule has 0 aliphatic heterocycles. The molecule has 0 atom stereocenters. The summed E-state index contributed by atoms with van der Waals surface area (Å²) in [6, 6.07) is 0.877. The van der Waals surface area contributed by atoms with E-state index in [2.05, 4.69) is 20.7 Å². The van der Waals surface area contributed by atoms with Gasteiger partial charge in [-0.3, -0.25) is 4.79 Å². The molecule has 0 aliphatic rings. The number of alkyl halides is 2. The minimum atomic E-state index is -2.85. The number of pyridine rings is 1. The molecule has 0 unspecified atom stereocenters. The molecule has 7 heteroatoms. The second kappa shape index (κ2) is 4.52. The Bertz CT molecular complexity index is 444. The highest BCUT2D eigenvalue weighted by Crippen LogP contribution is 2.20.